The molecule has 5 rings (SSSR count). The smallest absolute Gasteiger partial charge is 0.744 e. The van der Waals surface area contributed by atoms with Gasteiger partial charge < -0.3 is 19.3 Å². The monoisotopic (exact) mass is 778 g/mol. The minimum atomic E-state index is -4.51. The third-order valence-corrected chi connectivity index (χ3v) is 9.84. The van der Waals surface area contributed by atoms with Crippen molar-refractivity contribution >= 4 is 37.8 Å². The van der Waals surface area contributed by atoms with Gasteiger partial charge in [0, 0.05) is 55.7 Å². The van der Waals surface area contributed by atoms with Crippen molar-refractivity contribution in [2.24, 2.45) is 0 Å². The standard InChI is InChI=1S/C41H46N3O3S.CH4.Na.O3S/c1-5-42(6-2)37-23-17-34(18-24-37)41(35-19-25-38(26-20-35)43(7-3)30-32-13-10-9-11-14-32)36-21-27-39(28-22-36)44(8-4)31-33-15-12-16-40(29-33)48(45,46)47;;;1-4(2)3/h9-10,12-29,41H,5-8,30-31H2,1-4H3,(H,45,46,47);1H4;;/q-1;;+1;/p-1. The Hall–Kier alpha value is -3.97. The molecule has 0 radical (unpaired) electrons. The van der Waals surface area contributed by atoms with E-state index in [1.165, 1.54) is 45.8 Å². The molecule has 1 atom stereocenters. The fourth-order valence-corrected chi connectivity index (χ4v) is 6.88. The summed E-state index contributed by atoms with van der Waals surface area (Å²) in [6.45, 7) is 13.5. The molecule has 0 aliphatic rings. The van der Waals surface area contributed by atoms with Crippen LogP contribution in [0.3, 0.4) is 0 Å². The summed E-state index contributed by atoms with van der Waals surface area (Å²) in [6, 6.07) is 44.2. The van der Waals surface area contributed by atoms with Crippen LogP contribution in [0, 0.1) is 6.07 Å². The van der Waals surface area contributed by atoms with Gasteiger partial charge in [0.15, 0.2) is 0 Å². The Balaban J connectivity index is 0.00000160. The van der Waals surface area contributed by atoms with Crippen LogP contribution >= 0.6 is 0 Å². The minimum Gasteiger partial charge on any atom is -0.744 e. The zero-order chi connectivity index (χ0) is 37.7. The molecule has 54 heavy (non-hydrogen) atoms. The molecule has 0 aliphatic carbocycles. The van der Waals surface area contributed by atoms with Crippen LogP contribution in [0.15, 0.2) is 126 Å². The minimum absolute atomic E-state index is 0. The second-order valence-electron chi connectivity index (χ2n) is 12.1. The van der Waals surface area contributed by atoms with Gasteiger partial charge in [0.1, 0.15) is 10.1 Å². The fourth-order valence-electron chi connectivity index (χ4n) is 6.34. The summed E-state index contributed by atoms with van der Waals surface area (Å²) < 4.78 is 60.1. The van der Waals surface area contributed by atoms with Gasteiger partial charge in [0.05, 0.1) is 4.90 Å². The largest absolute Gasteiger partial charge is 1.00 e. The van der Waals surface area contributed by atoms with Gasteiger partial charge in [-0.05, 0) is 105 Å². The zero-order valence-corrected chi connectivity index (χ0v) is 34.6. The van der Waals surface area contributed by atoms with Crippen LogP contribution in [0.25, 0.3) is 0 Å². The number of benzene rings is 5. The second-order valence-corrected chi connectivity index (χ2v) is 13.9. The molecule has 0 aliphatic heterocycles. The Kier molecular flexibility index (Phi) is 19.2. The molecule has 0 spiro atoms. The predicted octanol–water partition coefficient (Wildman–Crippen LogP) is 5.11. The quantitative estimate of drug-likeness (QED) is 0.0619. The molecule has 5 aromatic carbocycles. The average Bonchev–Trinajstić information content (AvgIpc) is 3.15. The van der Waals surface area contributed by atoms with Gasteiger partial charge in [0.2, 0.25) is 0 Å². The normalized spacial score (nSPS) is 11.1. The molecule has 0 N–H and O–H groups in total. The van der Waals surface area contributed by atoms with Crippen LogP contribution in [0.1, 0.15) is 68.9 Å². The van der Waals surface area contributed by atoms with E-state index in [1.54, 1.807) is 6.07 Å². The second kappa shape index (κ2) is 22.4. The number of rotatable bonds is 15. The van der Waals surface area contributed by atoms with E-state index in [-0.39, 0.29) is 47.8 Å². The Labute approximate surface area is 345 Å². The summed E-state index contributed by atoms with van der Waals surface area (Å²) in [5.74, 6) is 0.0340. The van der Waals surface area contributed by atoms with E-state index in [1.807, 2.05) is 24.3 Å². The van der Waals surface area contributed by atoms with E-state index in [4.69, 9.17) is 12.6 Å². The van der Waals surface area contributed by atoms with Gasteiger partial charge >= 0.3 is 40.2 Å². The Bertz CT molecular complexity index is 2070. The van der Waals surface area contributed by atoms with Gasteiger partial charge in [-0.15, -0.1) is 18.2 Å². The first-order chi connectivity index (χ1) is 25.0. The first-order valence-electron chi connectivity index (χ1n) is 17.3. The molecule has 282 valence electrons. The SMILES string of the molecule is C.CCN(CC)c1ccc(C(c2ccc(N(CC)Cc3c[c-]ccc3)cc2)c2ccc(N(CC)Cc3cccc(S(=O)(=O)[O-])c3)cc2)cc1.O=S(=O)=O.[Na+]. The van der Waals surface area contributed by atoms with Crippen molar-refractivity contribution in [1.82, 2.24) is 0 Å². The summed E-state index contributed by atoms with van der Waals surface area (Å²) in [4.78, 5) is 6.70. The summed E-state index contributed by atoms with van der Waals surface area (Å²) >= 11 is 0. The third kappa shape index (κ3) is 13.1. The fraction of sp³-hybridized carbons (Fsp3) is 0.286. The topological polar surface area (TPSA) is 118 Å². The Morgan fingerprint density at radius 2 is 1.00 bits per heavy atom. The van der Waals surface area contributed by atoms with Gasteiger partial charge in [-0.1, -0.05) is 56.0 Å². The summed E-state index contributed by atoms with van der Waals surface area (Å²) in [7, 11) is -7.62. The molecule has 5 aromatic rings. The van der Waals surface area contributed by atoms with Crippen LogP contribution in [0.2, 0.25) is 0 Å². The molecule has 0 saturated carbocycles. The summed E-state index contributed by atoms with van der Waals surface area (Å²) in [6.07, 6.45) is 0. The number of hydrogen-bond donors (Lipinski definition) is 0. The first-order valence-corrected chi connectivity index (χ1v) is 19.7. The van der Waals surface area contributed by atoms with Crippen molar-refractivity contribution in [2.75, 3.05) is 40.9 Å². The van der Waals surface area contributed by atoms with Gasteiger partial charge in [-0.25, -0.2) is 8.42 Å². The molecule has 0 aromatic heterocycles. The molecular weight excluding hydrogens is 730 g/mol. The molecule has 9 nitrogen and oxygen atoms in total. The maximum atomic E-state index is 11.6. The Morgan fingerprint density at radius 3 is 1.37 bits per heavy atom. The van der Waals surface area contributed by atoms with E-state index in [9.17, 15) is 13.0 Å². The van der Waals surface area contributed by atoms with Crippen molar-refractivity contribution < 1.29 is 55.2 Å². The van der Waals surface area contributed by atoms with Gasteiger partial charge in [0.25, 0.3) is 0 Å². The predicted molar refractivity (Wildman–Crippen MR) is 213 cm³/mol. The zero-order valence-electron chi connectivity index (χ0n) is 31.0. The van der Waals surface area contributed by atoms with E-state index < -0.39 is 20.7 Å². The van der Waals surface area contributed by atoms with E-state index >= 15 is 0 Å². The van der Waals surface area contributed by atoms with Crippen molar-refractivity contribution in [3.8, 4) is 0 Å². The number of hydrogen-bond acceptors (Lipinski definition) is 9. The summed E-state index contributed by atoms with van der Waals surface area (Å²) in [5, 5.41) is 0. The van der Waals surface area contributed by atoms with Crippen LogP contribution in [-0.4, -0.2) is 51.8 Å². The van der Waals surface area contributed by atoms with Crippen molar-refractivity contribution in [3.63, 3.8) is 0 Å². The van der Waals surface area contributed by atoms with Gasteiger partial charge in [-0.2, -0.15) is 30.3 Å². The Morgan fingerprint density at radius 1 is 0.611 bits per heavy atom. The molecule has 0 amide bonds. The molecular formula is C42H49N3NaO6S2-. The van der Waals surface area contributed by atoms with Crippen molar-refractivity contribution in [3.05, 3.63) is 155 Å². The average molecular weight is 779 g/mol. The molecule has 0 fully saturated rings. The number of anilines is 3. The van der Waals surface area contributed by atoms with Crippen molar-refractivity contribution in [2.45, 2.75) is 59.0 Å². The van der Waals surface area contributed by atoms with Crippen LogP contribution < -0.4 is 44.3 Å². The summed E-state index contributed by atoms with van der Waals surface area (Å²) in [5.41, 5.74) is 9.07. The molecule has 0 heterocycles. The van der Waals surface area contributed by atoms with E-state index in [0.717, 1.165) is 44.0 Å². The van der Waals surface area contributed by atoms with Gasteiger partial charge in [-0.3, -0.25) is 0 Å². The molecule has 0 bridgehead atoms. The van der Waals surface area contributed by atoms with Crippen molar-refractivity contribution in [1.29, 1.82) is 0 Å². The van der Waals surface area contributed by atoms with Crippen LogP contribution in [0.5, 0.6) is 0 Å². The maximum absolute atomic E-state index is 11.6. The molecule has 12 heteroatoms. The molecule has 0 saturated heterocycles. The van der Waals surface area contributed by atoms with E-state index in [0.29, 0.717) is 6.54 Å². The molecule has 1 unspecified atom stereocenters. The third-order valence-electron chi connectivity index (χ3n) is 9.01. The maximum Gasteiger partial charge on any atom is 1.00 e. The number of nitrogens with zero attached hydrogens (tertiary/aromatic N) is 3. The van der Waals surface area contributed by atoms with E-state index in [2.05, 4.69) is 127 Å². The first kappa shape index (κ1) is 46.2. The van der Waals surface area contributed by atoms with Crippen LogP contribution in [-0.2, 0) is 33.8 Å². The van der Waals surface area contributed by atoms with Crippen LogP contribution in [0.4, 0.5) is 17.1 Å².